The van der Waals surface area contributed by atoms with Crippen LogP contribution >= 0.6 is 0 Å². The normalized spacial score (nSPS) is 15.5. The number of Topliss-reactive ketones (excluding diaryl/α,β-unsaturated/α-hetero) is 1. The lowest BCUT2D eigenvalue weighted by Gasteiger charge is -2.32. The van der Waals surface area contributed by atoms with Crippen molar-refractivity contribution in [1.82, 2.24) is 19.7 Å². The second-order valence-corrected chi connectivity index (χ2v) is 9.32. The molecule has 5 rings (SSSR count). The summed E-state index contributed by atoms with van der Waals surface area (Å²) < 4.78 is 7.30. The van der Waals surface area contributed by atoms with E-state index in [9.17, 15) is 9.59 Å². The van der Waals surface area contributed by atoms with Gasteiger partial charge in [-0.2, -0.15) is 5.10 Å². The number of aromatic nitrogens is 3. The Morgan fingerprint density at radius 1 is 1.16 bits per heavy atom. The van der Waals surface area contributed by atoms with E-state index >= 15 is 0 Å². The Kier molecular flexibility index (Phi) is 7.12. The van der Waals surface area contributed by atoms with E-state index in [0.717, 1.165) is 52.9 Å². The maximum atomic E-state index is 12.9. The topological polar surface area (TPSA) is 77.3 Å². The molecule has 1 fully saturated rings. The zero-order valence-electron chi connectivity index (χ0n) is 21.0. The molecular formula is C30H30N4O3. The Morgan fingerprint density at radius 2 is 2.00 bits per heavy atom. The van der Waals surface area contributed by atoms with Gasteiger partial charge >= 0.3 is 0 Å². The molecule has 3 heterocycles. The minimum absolute atomic E-state index is 0.0466. The molecule has 37 heavy (non-hydrogen) atoms. The molecule has 0 radical (unpaired) electrons. The van der Waals surface area contributed by atoms with Gasteiger partial charge in [0.15, 0.2) is 5.78 Å². The first-order valence-corrected chi connectivity index (χ1v) is 12.6. The smallest absolute Gasteiger partial charge is 0.246 e. The van der Waals surface area contributed by atoms with E-state index in [1.54, 1.807) is 13.3 Å². The van der Waals surface area contributed by atoms with Crippen molar-refractivity contribution < 1.29 is 14.3 Å². The summed E-state index contributed by atoms with van der Waals surface area (Å²) in [6.45, 7) is 4.97. The molecule has 7 nitrogen and oxygen atoms in total. The molecule has 1 aliphatic rings. The number of carbonyl (C=O) groups is 2. The van der Waals surface area contributed by atoms with Crippen LogP contribution in [0.5, 0.6) is 5.75 Å². The Balaban J connectivity index is 1.36. The average molecular weight is 495 g/mol. The van der Waals surface area contributed by atoms with Crippen LogP contribution in [0.4, 0.5) is 0 Å². The number of aryl methyl sites for hydroxylation is 1. The number of carbonyl (C=O) groups excluding carboxylic acids is 2. The Labute approximate surface area is 216 Å². The molecule has 1 saturated heterocycles. The van der Waals surface area contributed by atoms with E-state index in [-0.39, 0.29) is 17.7 Å². The molecule has 0 unspecified atom stereocenters. The van der Waals surface area contributed by atoms with Gasteiger partial charge in [-0.05, 0) is 49.1 Å². The summed E-state index contributed by atoms with van der Waals surface area (Å²) in [5, 5.41) is 5.94. The van der Waals surface area contributed by atoms with Crippen LogP contribution < -0.4 is 4.74 Å². The predicted octanol–water partition coefficient (Wildman–Crippen LogP) is 5.27. The highest BCUT2D eigenvalue weighted by molar-refractivity contribution is 5.98. The Hall–Kier alpha value is -4.26. The van der Waals surface area contributed by atoms with Gasteiger partial charge < -0.3 is 9.64 Å². The fraction of sp³-hybridized carbons (Fsp3) is 0.267. The van der Waals surface area contributed by atoms with Crippen LogP contribution in [0.2, 0.25) is 0 Å². The standard InChI is InChI=1S/C30H30N4O3/c1-3-29(36)33-17-5-7-24(20-33)34-27-15-16-31-19-26(27)30(32-34)23-12-10-22(11-13-23)28(35)14-9-21-6-4-8-25(18-21)37-2/h3-4,6,8,10-13,15-16,18-19,24H,1,5,7,9,14,17,20H2,2H3/t24-/m1/s1. The first-order valence-electron chi connectivity index (χ1n) is 12.6. The number of amides is 1. The summed E-state index contributed by atoms with van der Waals surface area (Å²) >= 11 is 0. The number of rotatable bonds is 8. The van der Waals surface area contributed by atoms with Crippen molar-refractivity contribution in [2.75, 3.05) is 20.2 Å². The molecule has 1 aliphatic heterocycles. The summed E-state index contributed by atoms with van der Waals surface area (Å²) in [6, 6.07) is 17.5. The highest BCUT2D eigenvalue weighted by atomic mass is 16.5. The number of likely N-dealkylation sites (tertiary alicyclic amines) is 1. The molecule has 0 N–H and O–H groups in total. The summed E-state index contributed by atoms with van der Waals surface area (Å²) in [4.78, 5) is 31.2. The van der Waals surface area contributed by atoms with Gasteiger partial charge in [-0.25, -0.2) is 0 Å². The minimum Gasteiger partial charge on any atom is -0.497 e. The first-order chi connectivity index (χ1) is 18.1. The average Bonchev–Trinajstić information content (AvgIpc) is 3.35. The van der Waals surface area contributed by atoms with Crippen LogP contribution in [0.25, 0.3) is 22.2 Å². The van der Waals surface area contributed by atoms with Gasteiger partial charge in [0.2, 0.25) is 5.91 Å². The number of benzene rings is 2. The third kappa shape index (κ3) is 5.16. The first kappa shape index (κ1) is 24.4. The van der Waals surface area contributed by atoms with Crippen LogP contribution in [0, 0.1) is 0 Å². The van der Waals surface area contributed by atoms with E-state index in [4.69, 9.17) is 9.84 Å². The number of piperidine rings is 1. The number of ketones is 1. The summed E-state index contributed by atoms with van der Waals surface area (Å²) in [5.41, 5.74) is 4.49. The zero-order chi connectivity index (χ0) is 25.8. The molecule has 2 aromatic carbocycles. The number of hydrogen-bond donors (Lipinski definition) is 0. The number of methoxy groups -OCH3 is 1. The van der Waals surface area contributed by atoms with E-state index < -0.39 is 0 Å². The van der Waals surface area contributed by atoms with Crippen molar-refractivity contribution in [2.45, 2.75) is 31.7 Å². The van der Waals surface area contributed by atoms with Crippen molar-refractivity contribution in [3.05, 3.63) is 90.8 Å². The van der Waals surface area contributed by atoms with Crippen LogP contribution in [0.15, 0.2) is 79.6 Å². The molecule has 0 spiro atoms. The summed E-state index contributed by atoms with van der Waals surface area (Å²) in [7, 11) is 1.64. The number of fused-ring (bicyclic) bond motifs is 1. The van der Waals surface area contributed by atoms with Gasteiger partial charge in [-0.3, -0.25) is 19.3 Å². The maximum absolute atomic E-state index is 12.9. The van der Waals surface area contributed by atoms with E-state index in [2.05, 4.69) is 11.6 Å². The van der Waals surface area contributed by atoms with Gasteiger partial charge in [0.25, 0.3) is 0 Å². The second kappa shape index (κ2) is 10.8. The third-order valence-corrected chi connectivity index (χ3v) is 6.99. The lowest BCUT2D eigenvalue weighted by molar-refractivity contribution is -0.127. The Bertz CT molecular complexity index is 1440. The van der Waals surface area contributed by atoms with E-state index in [0.29, 0.717) is 24.9 Å². The predicted molar refractivity (Wildman–Crippen MR) is 144 cm³/mol. The fourth-order valence-corrected chi connectivity index (χ4v) is 5.00. The van der Waals surface area contributed by atoms with Gasteiger partial charge in [-0.15, -0.1) is 0 Å². The molecule has 0 aliphatic carbocycles. The lowest BCUT2D eigenvalue weighted by Crippen LogP contribution is -2.40. The van der Waals surface area contributed by atoms with E-state index in [1.165, 1.54) is 6.08 Å². The summed E-state index contributed by atoms with van der Waals surface area (Å²) in [5.74, 6) is 0.846. The van der Waals surface area contributed by atoms with Crippen molar-refractivity contribution in [1.29, 1.82) is 0 Å². The monoisotopic (exact) mass is 494 g/mol. The van der Waals surface area contributed by atoms with Gasteiger partial charge in [0, 0.05) is 48.4 Å². The molecule has 0 bridgehead atoms. The van der Waals surface area contributed by atoms with Crippen molar-refractivity contribution in [3.63, 3.8) is 0 Å². The van der Waals surface area contributed by atoms with Crippen LogP contribution in [0.1, 0.15) is 41.2 Å². The van der Waals surface area contributed by atoms with Crippen molar-refractivity contribution in [3.8, 4) is 17.0 Å². The molecule has 7 heteroatoms. The molecule has 0 saturated carbocycles. The van der Waals surface area contributed by atoms with Crippen LogP contribution in [-0.2, 0) is 11.2 Å². The van der Waals surface area contributed by atoms with E-state index in [1.807, 2.05) is 70.4 Å². The highest BCUT2D eigenvalue weighted by Crippen LogP contribution is 2.32. The van der Waals surface area contributed by atoms with Gasteiger partial charge in [0.1, 0.15) is 11.4 Å². The molecule has 188 valence electrons. The number of pyridine rings is 1. The highest BCUT2D eigenvalue weighted by Gasteiger charge is 2.26. The fourth-order valence-electron chi connectivity index (χ4n) is 5.00. The van der Waals surface area contributed by atoms with Crippen molar-refractivity contribution >= 4 is 22.6 Å². The summed E-state index contributed by atoms with van der Waals surface area (Å²) in [6.07, 6.45) is 7.92. The third-order valence-electron chi connectivity index (χ3n) is 6.99. The van der Waals surface area contributed by atoms with Crippen molar-refractivity contribution in [2.24, 2.45) is 0 Å². The second-order valence-electron chi connectivity index (χ2n) is 9.32. The quantitative estimate of drug-likeness (QED) is 0.246. The molecular weight excluding hydrogens is 464 g/mol. The van der Waals surface area contributed by atoms with Crippen LogP contribution in [0.3, 0.4) is 0 Å². The van der Waals surface area contributed by atoms with Gasteiger partial charge in [0.05, 0.1) is 18.7 Å². The maximum Gasteiger partial charge on any atom is 0.246 e. The molecule has 2 aromatic heterocycles. The number of ether oxygens (including phenoxy) is 1. The SMILES string of the molecule is C=CC(=O)N1CCC[C@@H](n2nc(-c3ccc(C(=O)CCc4cccc(OC)c4)cc3)c3cnccc32)C1. The molecule has 1 atom stereocenters. The number of nitrogens with zero attached hydrogens (tertiary/aromatic N) is 4. The number of hydrogen-bond acceptors (Lipinski definition) is 5. The zero-order valence-corrected chi connectivity index (χ0v) is 21.0. The largest absolute Gasteiger partial charge is 0.497 e. The molecule has 4 aromatic rings. The lowest BCUT2D eigenvalue weighted by atomic mass is 10.0. The molecule has 1 amide bonds. The Morgan fingerprint density at radius 3 is 2.78 bits per heavy atom. The van der Waals surface area contributed by atoms with Crippen LogP contribution in [-0.4, -0.2) is 51.6 Å². The minimum atomic E-state index is -0.0466. The van der Waals surface area contributed by atoms with Gasteiger partial charge in [-0.1, -0.05) is 43.0 Å².